The van der Waals surface area contributed by atoms with Crippen molar-refractivity contribution in [1.82, 2.24) is 9.21 Å². The van der Waals surface area contributed by atoms with E-state index in [0.717, 1.165) is 31.5 Å². The minimum absolute atomic E-state index is 0.0889. The van der Waals surface area contributed by atoms with Gasteiger partial charge in [0.2, 0.25) is 15.9 Å². The van der Waals surface area contributed by atoms with Gasteiger partial charge in [-0.25, -0.2) is 8.42 Å². The van der Waals surface area contributed by atoms with Crippen LogP contribution in [0.25, 0.3) is 0 Å². The van der Waals surface area contributed by atoms with Crippen LogP contribution in [0.15, 0.2) is 23.1 Å². The molecule has 0 bridgehead atoms. The second-order valence-electron chi connectivity index (χ2n) is 7.16. The number of rotatable bonds is 8. The number of hydrogen-bond donors (Lipinski definition) is 0. The molecule has 27 heavy (non-hydrogen) atoms. The van der Waals surface area contributed by atoms with Crippen LogP contribution in [-0.2, 0) is 14.8 Å². The van der Waals surface area contributed by atoms with Crippen LogP contribution >= 0.6 is 0 Å². The summed E-state index contributed by atoms with van der Waals surface area (Å²) in [4.78, 5) is 14.9. The number of aryl methyl sites for hydroxylation is 1. The third kappa shape index (κ3) is 5.02. The molecule has 1 heterocycles. The Labute approximate surface area is 163 Å². The first-order valence-electron chi connectivity index (χ1n) is 9.78. The SMILES string of the molecule is CCCN(CCC)C(=O)C1CCN(S(=O)(=O)c2cc(C)ccc2OC)CC1. The third-order valence-electron chi connectivity index (χ3n) is 5.04. The van der Waals surface area contributed by atoms with Crippen molar-refractivity contribution in [3.05, 3.63) is 23.8 Å². The number of methoxy groups -OCH3 is 1. The molecule has 1 amide bonds. The number of amides is 1. The highest BCUT2D eigenvalue weighted by atomic mass is 32.2. The van der Waals surface area contributed by atoms with Crippen molar-refractivity contribution in [1.29, 1.82) is 0 Å². The van der Waals surface area contributed by atoms with E-state index >= 15 is 0 Å². The molecule has 1 fully saturated rings. The van der Waals surface area contributed by atoms with Crippen LogP contribution < -0.4 is 4.74 Å². The van der Waals surface area contributed by atoms with E-state index in [-0.39, 0.29) is 16.7 Å². The number of carbonyl (C=O) groups is 1. The first-order valence-corrected chi connectivity index (χ1v) is 11.2. The topological polar surface area (TPSA) is 66.9 Å². The fourth-order valence-electron chi connectivity index (χ4n) is 3.60. The predicted molar refractivity (Wildman–Crippen MR) is 106 cm³/mol. The highest BCUT2D eigenvalue weighted by Gasteiger charge is 2.34. The quantitative estimate of drug-likeness (QED) is 0.677. The molecule has 1 aliphatic rings. The summed E-state index contributed by atoms with van der Waals surface area (Å²) in [6.07, 6.45) is 3.00. The van der Waals surface area contributed by atoms with Gasteiger partial charge in [-0.3, -0.25) is 4.79 Å². The fourth-order valence-corrected chi connectivity index (χ4v) is 5.31. The van der Waals surface area contributed by atoms with Crippen molar-refractivity contribution in [2.45, 2.75) is 51.3 Å². The van der Waals surface area contributed by atoms with Gasteiger partial charge in [-0.15, -0.1) is 0 Å². The number of benzene rings is 1. The molecule has 1 aromatic carbocycles. The summed E-state index contributed by atoms with van der Waals surface area (Å²) < 4.78 is 32.9. The van der Waals surface area contributed by atoms with E-state index in [4.69, 9.17) is 4.74 Å². The normalized spacial score (nSPS) is 16.3. The predicted octanol–water partition coefficient (Wildman–Crippen LogP) is 3.05. The standard InChI is InChI=1S/C20H32N2O4S/c1-5-11-21(12-6-2)20(23)17-9-13-22(14-10-17)27(24,25)19-15-16(3)7-8-18(19)26-4/h7-8,15,17H,5-6,9-14H2,1-4H3. The molecule has 0 spiro atoms. The summed E-state index contributed by atoms with van der Waals surface area (Å²) >= 11 is 0. The van der Waals surface area contributed by atoms with Gasteiger partial charge in [0, 0.05) is 32.1 Å². The van der Waals surface area contributed by atoms with Crippen molar-refractivity contribution in [3.8, 4) is 5.75 Å². The molecule has 2 rings (SSSR count). The van der Waals surface area contributed by atoms with Crippen molar-refractivity contribution in [2.75, 3.05) is 33.3 Å². The van der Waals surface area contributed by atoms with Gasteiger partial charge in [0.25, 0.3) is 0 Å². The molecule has 0 N–H and O–H groups in total. The van der Waals surface area contributed by atoms with Crippen molar-refractivity contribution < 1.29 is 17.9 Å². The second-order valence-corrected chi connectivity index (χ2v) is 9.06. The van der Waals surface area contributed by atoms with E-state index in [1.165, 1.54) is 11.4 Å². The summed E-state index contributed by atoms with van der Waals surface area (Å²) in [5.41, 5.74) is 0.870. The maximum Gasteiger partial charge on any atom is 0.246 e. The highest BCUT2D eigenvalue weighted by molar-refractivity contribution is 7.89. The first kappa shape index (κ1) is 21.7. The Hall–Kier alpha value is -1.60. The molecule has 1 saturated heterocycles. The molecule has 152 valence electrons. The lowest BCUT2D eigenvalue weighted by Crippen LogP contribution is -2.44. The molecular formula is C20H32N2O4S. The second kappa shape index (κ2) is 9.55. The minimum Gasteiger partial charge on any atom is -0.495 e. The van der Waals surface area contributed by atoms with Crippen molar-refractivity contribution >= 4 is 15.9 Å². The van der Waals surface area contributed by atoms with Crippen LogP contribution in [0.1, 0.15) is 45.1 Å². The molecule has 0 aromatic heterocycles. The third-order valence-corrected chi connectivity index (χ3v) is 6.96. The number of nitrogens with zero attached hydrogens (tertiary/aromatic N) is 2. The Morgan fingerprint density at radius 3 is 2.30 bits per heavy atom. The number of sulfonamides is 1. The highest BCUT2D eigenvalue weighted by Crippen LogP contribution is 2.31. The summed E-state index contributed by atoms with van der Waals surface area (Å²) in [6, 6.07) is 5.17. The average molecular weight is 397 g/mol. The van der Waals surface area contributed by atoms with Crippen LogP contribution in [0.4, 0.5) is 0 Å². The Morgan fingerprint density at radius 1 is 1.19 bits per heavy atom. The van der Waals surface area contributed by atoms with Crippen molar-refractivity contribution in [2.24, 2.45) is 5.92 Å². The summed E-state index contributed by atoms with van der Waals surface area (Å²) in [7, 11) is -2.16. The van der Waals surface area contributed by atoms with E-state index in [2.05, 4.69) is 13.8 Å². The lowest BCUT2D eigenvalue weighted by Gasteiger charge is -2.33. The summed E-state index contributed by atoms with van der Waals surface area (Å²) in [5.74, 6) is 0.439. The lowest BCUT2D eigenvalue weighted by atomic mass is 9.96. The zero-order chi connectivity index (χ0) is 20.0. The molecule has 1 aromatic rings. The van der Waals surface area contributed by atoms with Crippen LogP contribution in [0, 0.1) is 12.8 Å². The van der Waals surface area contributed by atoms with Gasteiger partial charge in [-0.1, -0.05) is 19.9 Å². The van der Waals surface area contributed by atoms with Crippen LogP contribution in [0.5, 0.6) is 5.75 Å². The van der Waals surface area contributed by atoms with E-state index in [0.29, 0.717) is 31.7 Å². The smallest absolute Gasteiger partial charge is 0.246 e. The molecule has 6 nitrogen and oxygen atoms in total. The minimum atomic E-state index is -3.63. The van der Waals surface area contributed by atoms with Gasteiger partial charge >= 0.3 is 0 Å². The Balaban J connectivity index is 2.10. The molecule has 0 atom stereocenters. The molecule has 0 radical (unpaired) electrons. The van der Waals surface area contributed by atoms with Gasteiger partial charge in [0.15, 0.2) is 0 Å². The molecule has 7 heteroatoms. The lowest BCUT2D eigenvalue weighted by molar-refractivity contribution is -0.136. The molecular weight excluding hydrogens is 364 g/mol. The summed E-state index contributed by atoms with van der Waals surface area (Å²) in [5, 5.41) is 0. The average Bonchev–Trinajstić information content (AvgIpc) is 2.67. The van der Waals surface area contributed by atoms with Crippen LogP contribution in [0.3, 0.4) is 0 Å². The number of hydrogen-bond acceptors (Lipinski definition) is 4. The fraction of sp³-hybridized carbons (Fsp3) is 0.650. The van der Waals surface area contributed by atoms with E-state index in [9.17, 15) is 13.2 Å². The molecule has 0 aliphatic carbocycles. The van der Waals surface area contributed by atoms with E-state index in [1.807, 2.05) is 17.9 Å². The molecule has 0 unspecified atom stereocenters. The first-order chi connectivity index (χ1) is 12.8. The number of ether oxygens (including phenoxy) is 1. The maximum atomic E-state index is 13.1. The Morgan fingerprint density at radius 2 is 1.78 bits per heavy atom. The zero-order valence-electron chi connectivity index (χ0n) is 16.9. The largest absolute Gasteiger partial charge is 0.495 e. The van der Waals surface area contributed by atoms with Gasteiger partial charge < -0.3 is 9.64 Å². The molecule has 1 aliphatic heterocycles. The number of piperidine rings is 1. The molecule has 0 saturated carbocycles. The van der Waals surface area contributed by atoms with E-state index < -0.39 is 10.0 Å². The summed E-state index contributed by atoms with van der Waals surface area (Å²) in [6.45, 7) is 8.27. The number of carbonyl (C=O) groups excluding carboxylic acids is 1. The van der Waals surface area contributed by atoms with Gasteiger partial charge in [0.1, 0.15) is 10.6 Å². The van der Waals surface area contributed by atoms with E-state index in [1.54, 1.807) is 12.1 Å². The van der Waals surface area contributed by atoms with Gasteiger partial charge in [0.05, 0.1) is 7.11 Å². The van der Waals surface area contributed by atoms with Gasteiger partial charge in [-0.05, 0) is 50.3 Å². The van der Waals surface area contributed by atoms with Crippen molar-refractivity contribution in [3.63, 3.8) is 0 Å². The Bertz CT molecular complexity index is 734. The van der Waals surface area contributed by atoms with Crippen LogP contribution in [0.2, 0.25) is 0 Å². The van der Waals surface area contributed by atoms with Gasteiger partial charge in [-0.2, -0.15) is 4.31 Å². The zero-order valence-corrected chi connectivity index (χ0v) is 17.7. The van der Waals surface area contributed by atoms with Crippen LogP contribution in [-0.4, -0.2) is 56.8 Å². The monoisotopic (exact) mass is 396 g/mol. The maximum absolute atomic E-state index is 13.1. The Kier molecular flexibility index (Phi) is 7.68.